The van der Waals surface area contributed by atoms with Crippen LogP contribution in [0, 0.1) is 18.6 Å². The summed E-state index contributed by atoms with van der Waals surface area (Å²) in [6.07, 6.45) is 0. The van der Waals surface area contributed by atoms with Gasteiger partial charge < -0.3 is 4.98 Å². The molecule has 66 valence electrons. The van der Waals surface area contributed by atoms with E-state index < -0.39 is 0 Å². The van der Waals surface area contributed by atoms with Crippen molar-refractivity contribution in [2.75, 3.05) is 0 Å². The summed E-state index contributed by atoms with van der Waals surface area (Å²) < 4.78 is 2.06. The van der Waals surface area contributed by atoms with Crippen LogP contribution in [0.1, 0.15) is 18.2 Å². The molecule has 1 heterocycles. The third-order valence-electron chi connectivity index (χ3n) is 1.98. The second-order valence-electron chi connectivity index (χ2n) is 2.73. The minimum atomic E-state index is 0.0127. The average molecular weight is 184 g/mol. The lowest BCUT2D eigenvalue weighted by Gasteiger charge is -2.05. The second kappa shape index (κ2) is 3.23. The molecule has 0 aromatic carbocycles. The zero-order chi connectivity index (χ0) is 9.30. The Morgan fingerprint density at radius 3 is 2.58 bits per heavy atom. The quantitative estimate of drug-likeness (QED) is 0.672. The average Bonchev–Trinajstić information content (AvgIpc) is 2.01. The van der Waals surface area contributed by atoms with Crippen LogP contribution in [0.4, 0.5) is 0 Å². The Kier molecular flexibility index (Phi) is 2.47. The van der Waals surface area contributed by atoms with Gasteiger partial charge in [-0.05, 0) is 33.0 Å². The number of nitrogens with one attached hydrogen (secondary N) is 1. The van der Waals surface area contributed by atoms with Crippen LogP contribution >= 0.6 is 12.2 Å². The Hall–Kier alpha value is -0.900. The largest absolute Gasteiger partial charge is 0.336 e. The summed E-state index contributed by atoms with van der Waals surface area (Å²) in [7, 11) is 0. The number of nitrogens with zero attached hydrogens (tertiary/aromatic N) is 1. The minimum absolute atomic E-state index is 0.0127. The second-order valence-corrected chi connectivity index (χ2v) is 3.12. The summed E-state index contributed by atoms with van der Waals surface area (Å²) in [6.45, 7) is 6.18. The molecule has 0 amide bonds. The molecule has 1 aromatic rings. The molecule has 1 rings (SSSR count). The van der Waals surface area contributed by atoms with Gasteiger partial charge in [0.15, 0.2) is 4.77 Å². The minimum Gasteiger partial charge on any atom is -0.336 e. The highest BCUT2D eigenvalue weighted by molar-refractivity contribution is 7.71. The predicted octanol–water partition coefficient (Wildman–Crippen LogP) is 1.54. The number of H-pyrrole nitrogens is 1. The smallest absolute Gasteiger partial charge is 0.257 e. The van der Waals surface area contributed by atoms with E-state index in [1.165, 1.54) is 0 Å². The molecule has 0 saturated carbocycles. The standard InChI is InChI=1S/C8H12N2OS/c1-4-10-7(11)5(2)6(3)9-8(10)12/h4H2,1-3H3,(H,9,12). The molecule has 3 nitrogen and oxygen atoms in total. The molecule has 4 heteroatoms. The molecule has 0 spiro atoms. The van der Waals surface area contributed by atoms with Crippen molar-refractivity contribution in [1.29, 1.82) is 0 Å². The maximum absolute atomic E-state index is 11.5. The SMILES string of the molecule is CCn1c(=S)[nH]c(C)c(C)c1=O. The number of aryl methyl sites for hydroxylation is 1. The van der Waals surface area contributed by atoms with Gasteiger partial charge in [-0.15, -0.1) is 0 Å². The molecule has 0 atom stereocenters. The summed E-state index contributed by atoms with van der Waals surface area (Å²) in [5, 5.41) is 0. The van der Waals surface area contributed by atoms with Crippen LogP contribution in [0.5, 0.6) is 0 Å². The molecular weight excluding hydrogens is 172 g/mol. The fraction of sp³-hybridized carbons (Fsp3) is 0.500. The van der Waals surface area contributed by atoms with E-state index in [1.54, 1.807) is 11.5 Å². The maximum atomic E-state index is 11.5. The van der Waals surface area contributed by atoms with E-state index in [1.807, 2.05) is 13.8 Å². The van der Waals surface area contributed by atoms with Crippen LogP contribution < -0.4 is 5.56 Å². The van der Waals surface area contributed by atoms with Gasteiger partial charge in [0.2, 0.25) is 0 Å². The monoisotopic (exact) mass is 184 g/mol. The van der Waals surface area contributed by atoms with Gasteiger partial charge in [-0.25, -0.2) is 0 Å². The lowest BCUT2D eigenvalue weighted by atomic mass is 10.3. The van der Waals surface area contributed by atoms with Crippen LogP contribution in [0.25, 0.3) is 0 Å². The van der Waals surface area contributed by atoms with Gasteiger partial charge in [0.25, 0.3) is 5.56 Å². The van der Waals surface area contributed by atoms with Gasteiger partial charge in [-0.3, -0.25) is 9.36 Å². The molecule has 1 N–H and O–H groups in total. The van der Waals surface area contributed by atoms with Crippen molar-refractivity contribution in [2.24, 2.45) is 0 Å². The first-order chi connectivity index (χ1) is 5.57. The van der Waals surface area contributed by atoms with Gasteiger partial charge in [0.1, 0.15) is 0 Å². The topological polar surface area (TPSA) is 37.8 Å². The van der Waals surface area contributed by atoms with E-state index in [9.17, 15) is 4.79 Å². The Morgan fingerprint density at radius 1 is 1.50 bits per heavy atom. The molecular formula is C8H12N2OS. The lowest BCUT2D eigenvalue weighted by Crippen LogP contribution is -2.24. The van der Waals surface area contributed by atoms with Gasteiger partial charge in [0, 0.05) is 17.8 Å². The summed E-state index contributed by atoms with van der Waals surface area (Å²) in [5.41, 5.74) is 1.61. The summed E-state index contributed by atoms with van der Waals surface area (Å²) in [4.78, 5) is 14.5. The number of hydrogen-bond donors (Lipinski definition) is 1. The molecule has 0 aliphatic rings. The van der Waals surface area contributed by atoms with E-state index in [4.69, 9.17) is 12.2 Å². The molecule has 0 fully saturated rings. The Morgan fingerprint density at radius 2 is 2.08 bits per heavy atom. The zero-order valence-corrected chi connectivity index (χ0v) is 8.29. The van der Waals surface area contributed by atoms with Gasteiger partial charge in [-0.2, -0.15) is 0 Å². The first-order valence-corrected chi connectivity index (χ1v) is 4.29. The number of rotatable bonds is 1. The number of hydrogen-bond acceptors (Lipinski definition) is 2. The van der Waals surface area contributed by atoms with Crippen LogP contribution in [0.15, 0.2) is 4.79 Å². The van der Waals surface area contributed by atoms with Crippen LogP contribution in [0.3, 0.4) is 0 Å². The highest BCUT2D eigenvalue weighted by atomic mass is 32.1. The maximum Gasteiger partial charge on any atom is 0.257 e. The third-order valence-corrected chi connectivity index (χ3v) is 2.31. The molecule has 0 saturated heterocycles. The molecule has 0 aliphatic carbocycles. The van der Waals surface area contributed by atoms with E-state index in [2.05, 4.69) is 4.98 Å². The summed E-state index contributed by atoms with van der Waals surface area (Å²) >= 11 is 4.99. The first kappa shape index (κ1) is 9.19. The first-order valence-electron chi connectivity index (χ1n) is 3.88. The predicted molar refractivity (Wildman–Crippen MR) is 51.0 cm³/mol. The van der Waals surface area contributed by atoms with Crippen molar-refractivity contribution in [1.82, 2.24) is 9.55 Å². The van der Waals surface area contributed by atoms with Crippen LogP contribution in [-0.2, 0) is 6.54 Å². The van der Waals surface area contributed by atoms with E-state index in [-0.39, 0.29) is 5.56 Å². The van der Waals surface area contributed by atoms with Crippen LogP contribution in [0.2, 0.25) is 0 Å². The summed E-state index contributed by atoms with van der Waals surface area (Å²) in [6, 6.07) is 0. The molecule has 0 unspecified atom stereocenters. The molecule has 0 radical (unpaired) electrons. The van der Waals surface area contributed by atoms with Crippen molar-refractivity contribution in [3.8, 4) is 0 Å². The van der Waals surface area contributed by atoms with Crippen molar-refractivity contribution >= 4 is 12.2 Å². The Labute approximate surface area is 76.1 Å². The fourth-order valence-corrected chi connectivity index (χ4v) is 1.43. The Bertz CT molecular complexity index is 402. The van der Waals surface area contributed by atoms with E-state index in [0.29, 0.717) is 11.3 Å². The van der Waals surface area contributed by atoms with Crippen molar-refractivity contribution in [3.63, 3.8) is 0 Å². The zero-order valence-electron chi connectivity index (χ0n) is 7.47. The van der Waals surface area contributed by atoms with E-state index >= 15 is 0 Å². The normalized spacial score (nSPS) is 10.2. The highest BCUT2D eigenvalue weighted by Gasteiger charge is 2.02. The molecule has 0 aliphatic heterocycles. The van der Waals surface area contributed by atoms with Crippen molar-refractivity contribution < 1.29 is 0 Å². The van der Waals surface area contributed by atoms with Crippen molar-refractivity contribution in [2.45, 2.75) is 27.3 Å². The van der Waals surface area contributed by atoms with Gasteiger partial charge in [0.05, 0.1) is 0 Å². The van der Waals surface area contributed by atoms with Crippen LogP contribution in [-0.4, -0.2) is 9.55 Å². The fourth-order valence-electron chi connectivity index (χ4n) is 1.06. The molecule has 1 aromatic heterocycles. The lowest BCUT2D eigenvalue weighted by molar-refractivity contribution is 0.681. The Balaban J connectivity index is 3.64. The highest BCUT2D eigenvalue weighted by Crippen LogP contribution is 1.96. The number of aromatic nitrogens is 2. The van der Waals surface area contributed by atoms with Gasteiger partial charge in [-0.1, -0.05) is 0 Å². The van der Waals surface area contributed by atoms with Gasteiger partial charge >= 0.3 is 0 Å². The third kappa shape index (κ3) is 1.34. The summed E-state index contributed by atoms with van der Waals surface area (Å²) in [5.74, 6) is 0. The molecule has 0 bridgehead atoms. The van der Waals surface area contributed by atoms with E-state index in [0.717, 1.165) is 11.3 Å². The van der Waals surface area contributed by atoms with Crippen molar-refractivity contribution in [3.05, 3.63) is 26.4 Å². The number of aromatic amines is 1. The molecule has 12 heavy (non-hydrogen) atoms.